The lowest BCUT2D eigenvalue weighted by atomic mass is 10.1. The van der Waals surface area contributed by atoms with E-state index in [2.05, 4.69) is 5.32 Å². The number of carboxylic acid groups (broad SMARTS) is 2. The van der Waals surface area contributed by atoms with Crippen LogP contribution in [0, 0.1) is 0 Å². The molecule has 0 fully saturated rings. The highest BCUT2D eigenvalue weighted by atomic mass is 16.4. The van der Waals surface area contributed by atoms with Crippen LogP contribution in [0.2, 0.25) is 0 Å². The van der Waals surface area contributed by atoms with Crippen molar-refractivity contribution in [3.8, 4) is 0 Å². The summed E-state index contributed by atoms with van der Waals surface area (Å²) in [6.07, 6.45) is 1.20. The minimum absolute atomic E-state index is 0.00532. The van der Waals surface area contributed by atoms with Crippen molar-refractivity contribution >= 4 is 17.8 Å². The number of rotatable bonds is 6. The lowest BCUT2D eigenvalue weighted by Crippen LogP contribution is -2.29. The molecular weight excluding hydrogens is 202 g/mol. The van der Waals surface area contributed by atoms with Gasteiger partial charge in [0.2, 0.25) is 0 Å². The van der Waals surface area contributed by atoms with Crippen LogP contribution in [0.3, 0.4) is 0 Å². The van der Waals surface area contributed by atoms with Crippen molar-refractivity contribution in [2.24, 2.45) is 0 Å². The number of aliphatic carboxylic acids is 2. The molecule has 0 aliphatic carbocycles. The predicted octanol–water partition coefficient (Wildman–Crippen LogP) is 1.01. The molecule has 0 saturated carbocycles. The summed E-state index contributed by atoms with van der Waals surface area (Å²) in [6, 6.07) is 2.22. The first kappa shape index (κ1) is 11.1. The lowest BCUT2D eigenvalue weighted by Gasteiger charge is -2.11. The van der Waals surface area contributed by atoms with E-state index in [1.54, 1.807) is 12.1 Å². The Labute approximate surface area is 85.5 Å². The van der Waals surface area contributed by atoms with Crippen molar-refractivity contribution in [3.63, 3.8) is 0 Å². The molecule has 0 spiro atoms. The average molecular weight is 213 g/mol. The van der Waals surface area contributed by atoms with Crippen molar-refractivity contribution in [2.45, 2.75) is 18.9 Å². The minimum Gasteiger partial charge on any atom is -0.481 e. The average Bonchev–Trinajstić information content (AvgIpc) is 2.63. The maximum atomic E-state index is 10.7. The Balaban J connectivity index is 2.51. The van der Waals surface area contributed by atoms with Gasteiger partial charge in [0, 0.05) is 12.5 Å². The number of hydrogen-bond acceptors (Lipinski definition) is 4. The number of carbonyl (C=O) groups is 2. The molecule has 1 heterocycles. The summed E-state index contributed by atoms with van der Waals surface area (Å²) in [6.45, 7) is 0. The summed E-state index contributed by atoms with van der Waals surface area (Å²) in [7, 11) is 0. The summed E-state index contributed by atoms with van der Waals surface area (Å²) in [5, 5.41) is 19.8. The topological polar surface area (TPSA) is 99.8 Å². The van der Waals surface area contributed by atoms with Gasteiger partial charge in [-0.1, -0.05) is 0 Å². The third-order valence-corrected chi connectivity index (χ3v) is 1.78. The van der Waals surface area contributed by atoms with Crippen LogP contribution in [0.25, 0.3) is 0 Å². The van der Waals surface area contributed by atoms with Crippen LogP contribution in [0.4, 0.5) is 5.88 Å². The first-order valence-electron chi connectivity index (χ1n) is 4.34. The highest BCUT2D eigenvalue weighted by Crippen LogP contribution is 2.11. The van der Waals surface area contributed by atoms with Crippen molar-refractivity contribution in [2.75, 3.05) is 5.32 Å². The molecular formula is C9H11NO5. The van der Waals surface area contributed by atoms with Gasteiger partial charge in [0.05, 0.1) is 6.26 Å². The van der Waals surface area contributed by atoms with Gasteiger partial charge in [0.25, 0.3) is 0 Å². The van der Waals surface area contributed by atoms with Crippen LogP contribution >= 0.6 is 0 Å². The molecule has 0 saturated heterocycles. The zero-order chi connectivity index (χ0) is 11.3. The molecule has 15 heavy (non-hydrogen) atoms. The van der Waals surface area contributed by atoms with E-state index in [4.69, 9.17) is 14.6 Å². The van der Waals surface area contributed by atoms with Crippen molar-refractivity contribution < 1.29 is 24.2 Å². The van der Waals surface area contributed by atoms with Gasteiger partial charge >= 0.3 is 11.9 Å². The van der Waals surface area contributed by atoms with Gasteiger partial charge < -0.3 is 19.9 Å². The molecule has 0 aliphatic rings. The minimum atomic E-state index is -1.10. The highest BCUT2D eigenvalue weighted by molar-refractivity contribution is 5.77. The normalized spacial score (nSPS) is 12.0. The van der Waals surface area contributed by atoms with E-state index in [9.17, 15) is 9.59 Å². The molecule has 0 aromatic carbocycles. The quantitative estimate of drug-likeness (QED) is 0.652. The molecule has 6 heteroatoms. The predicted molar refractivity (Wildman–Crippen MR) is 50.6 cm³/mol. The molecule has 0 radical (unpaired) electrons. The van der Waals surface area contributed by atoms with Crippen LogP contribution < -0.4 is 5.32 Å². The largest absolute Gasteiger partial charge is 0.481 e. The summed E-state index contributed by atoms with van der Waals surface area (Å²) in [5.41, 5.74) is 0. The molecule has 1 aromatic heterocycles. The Morgan fingerprint density at radius 1 is 1.47 bits per heavy atom. The SMILES string of the molecule is O=C(O)CCC(Nc1ccco1)C(=O)O. The zero-order valence-corrected chi connectivity index (χ0v) is 7.84. The standard InChI is InChI=1S/C9H11NO5/c11-8(12)4-3-6(9(13)14)10-7-2-1-5-15-7/h1-2,5-6,10H,3-4H2,(H,11,12)(H,13,14). The molecule has 0 aliphatic heterocycles. The van der Waals surface area contributed by atoms with Gasteiger partial charge in [0.1, 0.15) is 6.04 Å². The van der Waals surface area contributed by atoms with E-state index in [1.807, 2.05) is 0 Å². The van der Waals surface area contributed by atoms with Gasteiger partial charge in [-0.15, -0.1) is 0 Å². The fourth-order valence-electron chi connectivity index (χ4n) is 1.06. The number of nitrogens with one attached hydrogen (secondary N) is 1. The fourth-order valence-corrected chi connectivity index (χ4v) is 1.06. The van der Waals surface area contributed by atoms with Gasteiger partial charge in [-0.3, -0.25) is 4.79 Å². The molecule has 0 bridgehead atoms. The van der Waals surface area contributed by atoms with Gasteiger partial charge in [-0.05, 0) is 12.5 Å². The summed E-state index contributed by atoms with van der Waals surface area (Å²) < 4.78 is 4.90. The highest BCUT2D eigenvalue weighted by Gasteiger charge is 2.19. The molecule has 82 valence electrons. The Hall–Kier alpha value is -1.98. The van der Waals surface area contributed by atoms with Gasteiger partial charge in [-0.2, -0.15) is 0 Å². The Bertz CT molecular complexity index is 332. The zero-order valence-electron chi connectivity index (χ0n) is 7.84. The molecule has 6 nitrogen and oxygen atoms in total. The second-order valence-corrected chi connectivity index (χ2v) is 2.94. The Kier molecular flexibility index (Phi) is 3.73. The van der Waals surface area contributed by atoms with Gasteiger partial charge in [-0.25, -0.2) is 4.79 Å². The van der Waals surface area contributed by atoms with Crippen LogP contribution in [-0.4, -0.2) is 28.2 Å². The van der Waals surface area contributed by atoms with E-state index in [0.29, 0.717) is 5.88 Å². The van der Waals surface area contributed by atoms with Crippen LogP contribution in [0.5, 0.6) is 0 Å². The number of anilines is 1. The Morgan fingerprint density at radius 3 is 2.67 bits per heavy atom. The lowest BCUT2D eigenvalue weighted by molar-refractivity contribution is -0.139. The third-order valence-electron chi connectivity index (χ3n) is 1.78. The van der Waals surface area contributed by atoms with E-state index >= 15 is 0 Å². The molecule has 1 aromatic rings. The van der Waals surface area contributed by atoms with Crippen molar-refractivity contribution in [1.82, 2.24) is 0 Å². The molecule has 1 atom stereocenters. The number of hydrogen-bond donors (Lipinski definition) is 3. The second kappa shape index (κ2) is 5.04. The smallest absolute Gasteiger partial charge is 0.326 e. The maximum Gasteiger partial charge on any atom is 0.326 e. The first-order valence-corrected chi connectivity index (χ1v) is 4.34. The first-order chi connectivity index (χ1) is 7.09. The van der Waals surface area contributed by atoms with Crippen LogP contribution in [0.15, 0.2) is 22.8 Å². The molecule has 1 rings (SSSR count). The van der Waals surface area contributed by atoms with E-state index in [0.717, 1.165) is 0 Å². The van der Waals surface area contributed by atoms with E-state index in [1.165, 1.54) is 6.26 Å². The fraction of sp³-hybridized carbons (Fsp3) is 0.333. The second-order valence-electron chi connectivity index (χ2n) is 2.94. The summed E-state index contributed by atoms with van der Waals surface area (Å²) >= 11 is 0. The van der Waals surface area contributed by atoms with E-state index in [-0.39, 0.29) is 12.8 Å². The molecule has 1 unspecified atom stereocenters. The monoisotopic (exact) mass is 213 g/mol. The number of carboxylic acids is 2. The summed E-state index contributed by atoms with van der Waals surface area (Å²) in [5.74, 6) is -1.82. The van der Waals surface area contributed by atoms with Crippen molar-refractivity contribution in [1.29, 1.82) is 0 Å². The van der Waals surface area contributed by atoms with Gasteiger partial charge in [0.15, 0.2) is 5.88 Å². The third kappa shape index (κ3) is 3.72. The Morgan fingerprint density at radius 2 is 2.20 bits per heavy atom. The van der Waals surface area contributed by atoms with E-state index < -0.39 is 18.0 Å². The molecule has 3 N–H and O–H groups in total. The maximum absolute atomic E-state index is 10.7. The van der Waals surface area contributed by atoms with Crippen LogP contribution in [0.1, 0.15) is 12.8 Å². The summed E-state index contributed by atoms with van der Waals surface area (Å²) in [4.78, 5) is 21.0. The van der Waals surface area contributed by atoms with Crippen LogP contribution in [-0.2, 0) is 9.59 Å². The number of furan rings is 1. The van der Waals surface area contributed by atoms with Crippen molar-refractivity contribution in [3.05, 3.63) is 18.4 Å². The molecule has 0 amide bonds.